The molecule has 1 unspecified atom stereocenters. The molecule has 0 amide bonds. The van der Waals surface area contributed by atoms with E-state index in [1.54, 1.807) is 17.1 Å². The molecular weight excluding hydrogens is 312 g/mol. The van der Waals surface area contributed by atoms with Crippen molar-refractivity contribution in [3.63, 3.8) is 0 Å². The highest BCUT2D eigenvalue weighted by atomic mass is 32.2. The van der Waals surface area contributed by atoms with Crippen molar-refractivity contribution < 1.29 is 14.1 Å². The van der Waals surface area contributed by atoms with Crippen LogP contribution < -0.4 is 0 Å². The van der Waals surface area contributed by atoms with Gasteiger partial charge in [0.1, 0.15) is 0 Å². The molecule has 2 aromatic heterocycles. The molecule has 0 aliphatic carbocycles. The van der Waals surface area contributed by atoms with Gasteiger partial charge in [0.15, 0.2) is 5.65 Å². The largest absolute Gasteiger partial charge is 0.465 e. The number of aryl methyl sites for hydroxylation is 1. The van der Waals surface area contributed by atoms with Gasteiger partial charge in [-0.25, -0.2) is 9.78 Å². The summed E-state index contributed by atoms with van der Waals surface area (Å²) >= 11 is -1.24. The minimum absolute atomic E-state index is 0.427. The van der Waals surface area contributed by atoms with Gasteiger partial charge in [0, 0.05) is 11.6 Å². The predicted octanol–water partition coefficient (Wildman–Crippen LogP) is 3.35. The lowest BCUT2D eigenvalue weighted by Gasteiger charge is -2.03. The van der Waals surface area contributed by atoms with Crippen LogP contribution in [0.5, 0.6) is 0 Å². The van der Waals surface area contributed by atoms with Crippen LogP contribution in [-0.4, -0.2) is 26.6 Å². The maximum absolute atomic E-state index is 12.2. The predicted molar refractivity (Wildman–Crippen MR) is 90.6 cm³/mol. The smallest absolute Gasteiger partial charge is 0.340 e. The second-order valence-corrected chi connectivity index (χ2v) is 6.57. The third kappa shape index (κ3) is 2.60. The van der Waals surface area contributed by atoms with Gasteiger partial charge in [-0.3, -0.25) is 0 Å². The molecule has 118 valence electrons. The van der Waals surface area contributed by atoms with E-state index in [1.807, 2.05) is 43.3 Å². The molecule has 0 saturated carbocycles. The first kappa shape index (κ1) is 15.6. The van der Waals surface area contributed by atoms with Crippen molar-refractivity contribution in [1.29, 1.82) is 0 Å². The number of pyridine rings is 1. The highest BCUT2D eigenvalue weighted by molar-refractivity contribution is 7.90. The Kier molecular flexibility index (Phi) is 4.11. The third-order valence-corrected chi connectivity index (χ3v) is 5.13. The molecule has 1 N–H and O–H groups in total. The van der Waals surface area contributed by atoms with Crippen molar-refractivity contribution in [3.8, 4) is 0 Å². The Morgan fingerprint density at radius 3 is 2.61 bits per heavy atom. The van der Waals surface area contributed by atoms with E-state index in [-0.39, 0.29) is 0 Å². The van der Waals surface area contributed by atoms with Gasteiger partial charge in [-0.15, -0.1) is 3.97 Å². The number of ether oxygens (including phenoxy) is 1. The minimum Gasteiger partial charge on any atom is -0.465 e. The van der Waals surface area contributed by atoms with E-state index in [2.05, 4.69) is 4.98 Å². The van der Waals surface area contributed by atoms with E-state index in [4.69, 9.17) is 4.74 Å². The summed E-state index contributed by atoms with van der Waals surface area (Å²) in [5, 5.41) is 0.692. The Hall–Kier alpha value is -2.31. The van der Waals surface area contributed by atoms with Crippen molar-refractivity contribution >= 4 is 28.4 Å². The zero-order valence-corrected chi connectivity index (χ0v) is 13.9. The lowest BCUT2D eigenvalue weighted by atomic mass is 10.1. The van der Waals surface area contributed by atoms with Crippen LogP contribution in [0.1, 0.15) is 21.6 Å². The van der Waals surface area contributed by atoms with Gasteiger partial charge < -0.3 is 4.74 Å². The van der Waals surface area contributed by atoms with Gasteiger partial charge in [0.25, 0.3) is 0 Å². The highest BCUT2D eigenvalue weighted by Gasteiger charge is 2.33. The van der Waals surface area contributed by atoms with Gasteiger partial charge in [-0.1, -0.05) is 18.2 Å². The molecule has 2 heterocycles. The quantitative estimate of drug-likeness (QED) is 0.591. The van der Waals surface area contributed by atoms with Crippen LogP contribution in [0.15, 0.2) is 47.5 Å². The van der Waals surface area contributed by atoms with Gasteiger partial charge in [-0.2, -0.15) is 4.55 Å². The number of carbonyl (C=O) groups excluding carboxylic acids is 1. The van der Waals surface area contributed by atoms with Crippen molar-refractivity contribution in [2.24, 2.45) is 0 Å². The number of rotatable bonds is 3. The summed E-state index contributed by atoms with van der Waals surface area (Å²) < 4.78 is 17.4. The summed E-state index contributed by atoms with van der Waals surface area (Å²) in [6.07, 6.45) is 1.72. The van der Waals surface area contributed by atoms with Crippen LogP contribution in [0.2, 0.25) is 0 Å². The molecule has 5 nitrogen and oxygen atoms in total. The number of benzene rings is 1. The zero-order valence-electron chi connectivity index (χ0n) is 13.1. The van der Waals surface area contributed by atoms with E-state index in [0.717, 1.165) is 10.5 Å². The van der Waals surface area contributed by atoms with Crippen LogP contribution in [0.4, 0.5) is 0 Å². The fourth-order valence-corrected chi connectivity index (χ4v) is 3.85. The van der Waals surface area contributed by atoms with E-state index < -0.39 is 17.3 Å². The highest BCUT2D eigenvalue weighted by Crippen LogP contribution is 2.29. The van der Waals surface area contributed by atoms with Gasteiger partial charge in [0.2, 0.25) is 4.90 Å². The van der Waals surface area contributed by atoms with E-state index in [9.17, 15) is 9.35 Å². The molecule has 6 heteroatoms. The Morgan fingerprint density at radius 2 is 1.96 bits per heavy atom. The average molecular weight is 329 g/mol. The van der Waals surface area contributed by atoms with Crippen LogP contribution in [0, 0.1) is 13.8 Å². The maximum Gasteiger partial charge on any atom is 0.340 e. The molecule has 23 heavy (non-hydrogen) atoms. The van der Waals surface area contributed by atoms with Crippen LogP contribution >= 0.6 is 0 Å². The topological polar surface area (TPSA) is 64.3 Å². The summed E-state index contributed by atoms with van der Waals surface area (Å²) in [5.41, 5.74) is 2.60. The van der Waals surface area contributed by atoms with Gasteiger partial charge in [0.05, 0.1) is 18.4 Å². The summed E-state index contributed by atoms with van der Waals surface area (Å²) in [6.45, 7) is 3.71. The third-order valence-electron chi connectivity index (χ3n) is 3.65. The number of fused-ring (bicyclic) bond motifs is 1. The van der Waals surface area contributed by atoms with Crippen LogP contribution in [0.3, 0.4) is 0 Å². The average Bonchev–Trinajstić information content (AvgIpc) is 2.85. The molecule has 3 aromatic rings. The molecular formula is C17H17N2O3S+. The molecule has 0 aliphatic heterocycles. The standard InChI is InChI=1S/C17H17N2O3S/c1-11-9-14-15(17(20)22-3)12(2)19(16(14)18-10-11)23(21)13-7-5-4-6-8-13/h4-10,21H,1-3H3/q+1. The molecule has 0 bridgehead atoms. The number of carbonyl (C=O) groups is 1. The molecule has 1 aromatic carbocycles. The Morgan fingerprint density at radius 1 is 1.26 bits per heavy atom. The Balaban J connectivity index is 2.29. The molecule has 3 rings (SSSR count). The number of methoxy groups -OCH3 is 1. The fourth-order valence-electron chi connectivity index (χ4n) is 2.58. The molecule has 0 fully saturated rings. The summed E-state index contributed by atoms with van der Waals surface area (Å²) in [6, 6.07) is 11.2. The zero-order chi connectivity index (χ0) is 16.6. The van der Waals surface area contributed by atoms with Crippen molar-refractivity contribution in [1.82, 2.24) is 8.96 Å². The lowest BCUT2D eigenvalue weighted by Crippen LogP contribution is -2.15. The normalized spacial score (nSPS) is 12.3. The first-order chi connectivity index (χ1) is 11.0. The molecule has 0 radical (unpaired) electrons. The fraction of sp³-hybridized carbons (Fsp3) is 0.176. The maximum atomic E-state index is 12.2. The minimum atomic E-state index is -1.24. The number of aromatic nitrogens is 2. The lowest BCUT2D eigenvalue weighted by molar-refractivity contribution is 0.0602. The van der Waals surface area contributed by atoms with Gasteiger partial charge >= 0.3 is 17.3 Å². The number of hydrogen-bond acceptors (Lipinski definition) is 4. The van der Waals surface area contributed by atoms with Crippen molar-refractivity contribution in [2.75, 3.05) is 7.11 Å². The van der Waals surface area contributed by atoms with Crippen LogP contribution in [-0.2, 0) is 16.1 Å². The summed E-state index contributed by atoms with van der Waals surface area (Å²) in [7, 11) is 1.35. The summed E-state index contributed by atoms with van der Waals surface area (Å²) in [4.78, 5) is 17.4. The Bertz CT molecular complexity index is 874. The second kappa shape index (κ2) is 6.06. The molecule has 1 atom stereocenters. The van der Waals surface area contributed by atoms with Crippen LogP contribution in [0.25, 0.3) is 11.0 Å². The Labute approximate surface area is 137 Å². The first-order valence-electron chi connectivity index (χ1n) is 7.09. The van der Waals surface area contributed by atoms with E-state index in [0.29, 0.717) is 22.3 Å². The van der Waals surface area contributed by atoms with Crippen molar-refractivity contribution in [3.05, 3.63) is 59.4 Å². The second-order valence-electron chi connectivity index (χ2n) is 5.21. The number of nitrogens with zero attached hydrogens (tertiary/aromatic N) is 2. The van der Waals surface area contributed by atoms with E-state index in [1.165, 1.54) is 7.11 Å². The molecule has 0 saturated heterocycles. The number of esters is 1. The summed E-state index contributed by atoms with van der Waals surface area (Å²) in [5.74, 6) is -0.427. The SMILES string of the molecule is COC(=O)c1c(C)n([S+](O)c2ccccc2)c2ncc(C)cc12. The monoisotopic (exact) mass is 329 g/mol. The van der Waals surface area contributed by atoms with Gasteiger partial charge in [-0.05, 0) is 37.6 Å². The number of hydrogen-bond donors (Lipinski definition) is 1. The van der Waals surface area contributed by atoms with E-state index >= 15 is 0 Å². The molecule has 0 spiro atoms. The van der Waals surface area contributed by atoms with Crippen molar-refractivity contribution in [2.45, 2.75) is 18.7 Å². The first-order valence-corrected chi connectivity index (χ1v) is 8.23. The molecule has 0 aliphatic rings.